The van der Waals surface area contributed by atoms with Crippen LogP contribution < -0.4 is 16.1 Å². The van der Waals surface area contributed by atoms with Gasteiger partial charge in [-0.05, 0) is 13.8 Å². The first-order valence-electron chi connectivity index (χ1n) is 10.3. The molecule has 0 saturated carbocycles. The predicted molar refractivity (Wildman–Crippen MR) is 119 cm³/mol. The fourth-order valence-electron chi connectivity index (χ4n) is 2.29. The minimum absolute atomic E-state index is 0.106. The van der Waals surface area contributed by atoms with Gasteiger partial charge in [-0.3, -0.25) is 15.6 Å². The third-order valence-electron chi connectivity index (χ3n) is 4.06. The molecule has 3 aromatic heterocycles. The zero-order valence-corrected chi connectivity index (χ0v) is 18.7. The van der Waals surface area contributed by atoms with Crippen LogP contribution in [0, 0.1) is 0 Å². The van der Waals surface area contributed by atoms with E-state index in [0.717, 1.165) is 26.2 Å². The predicted octanol–water partition coefficient (Wildman–Crippen LogP) is 0.837. The summed E-state index contributed by atoms with van der Waals surface area (Å²) in [4.78, 5) is 12.4. The van der Waals surface area contributed by atoms with Gasteiger partial charge in [0.05, 0.1) is 0 Å². The molecule has 3 heterocycles. The molecule has 0 aliphatic rings. The lowest BCUT2D eigenvalue weighted by molar-refractivity contribution is 0.266. The molecule has 0 atom stereocenters. The van der Waals surface area contributed by atoms with Gasteiger partial charge < -0.3 is 5.43 Å². The van der Waals surface area contributed by atoms with E-state index >= 15 is 0 Å². The Kier molecular flexibility index (Phi) is 8.40. The van der Waals surface area contributed by atoms with Crippen molar-refractivity contribution in [1.29, 1.82) is 0 Å². The van der Waals surface area contributed by atoms with Gasteiger partial charge in [-0.2, -0.15) is 15.0 Å². The van der Waals surface area contributed by atoms with E-state index in [2.05, 4.69) is 82.1 Å². The summed E-state index contributed by atoms with van der Waals surface area (Å²) in [7, 11) is 0. The maximum atomic E-state index is 4.16. The minimum atomic E-state index is 0.106. The Morgan fingerprint density at radius 1 is 0.788 bits per heavy atom. The molecule has 18 nitrogen and oxygen atoms in total. The van der Waals surface area contributed by atoms with E-state index in [1.54, 1.807) is 5.01 Å². The minimum Gasteiger partial charge on any atom is -0.309 e. The number of hydrogen-bond acceptors (Lipinski definition) is 14. The smallest absolute Gasteiger partial charge is 0.290 e. The van der Waals surface area contributed by atoms with Gasteiger partial charge in [0.2, 0.25) is 11.9 Å². The molecule has 0 bridgehead atoms. The number of nitrogens with zero attached hydrogens (tertiary/aromatic N) is 13. The Labute approximate surface area is 188 Å². The lowest BCUT2D eigenvalue weighted by Crippen LogP contribution is -2.36. The number of rotatable bonds is 13. The van der Waals surface area contributed by atoms with Gasteiger partial charge in [0.25, 0.3) is 23.8 Å². The van der Waals surface area contributed by atoms with Gasteiger partial charge >= 0.3 is 0 Å². The van der Waals surface area contributed by atoms with E-state index in [1.807, 2.05) is 32.7 Å². The molecule has 0 saturated heterocycles. The normalized spacial score (nSPS) is 11.5. The van der Waals surface area contributed by atoms with E-state index in [9.17, 15) is 0 Å². The molecule has 0 aliphatic heterocycles. The number of aliphatic imine (C=N–C) groups is 1. The van der Waals surface area contributed by atoms with Crippen LogP contribution >= 0.6 is 0 Å². The third kappa shape index (κ3) is 7.09. The molecular formula is C15H26N18. The van der Waals surface area contributed by atoms with Crippen LogP contribution in [0.3, 0.4) is 0 Å². The Hall–Kier alpha value is -4.35. The van der Waals surface area contributed by atoms with Crippen molar-refractivity contribution in [1.82, 2.24) is 66.2 Å². The summed E-state index contributed by atoms with van der Waals surface area (Å²) < 4.78 is 0. The van der Waals surface area contributed by atoms with E-state index in [0.29, 0.717) is 0 Å². The molecule has 176 valence electrons. The van der Waals surface area contributed by atoms with Crippen molar-refractivity contribution in [3.05, 3.63) is 0 Å². The summed E-state index contributed by atoms with van der Waals surface area (Å²) in [6.45, 7) is 11.2. The maximum Gasteiger partial charge on any atom is 0.290 e. The van der Waals surface area contributed by atoms with Crippen LogP contribution in [0.2, 0.25) is 0 Å². The van der Waals surface area contributed by atoms with Gasteiger partial charge in [-0.1, -0.05) is 24.2 Å². The van der Waals surface area contributed by atoms with E-state index in [-0.39, 0.29) is 35.7 Å². The van der Waals surface area contributed by atoms with Gasteiger partial charge in [-0.25, -0.2) is 15.2 Å². The number of aromatic nitrogens is 10. The highest BCUT2D eigenvalue weighted by atomic mass is 15.6. The average Bonchev–Trinajstić information content (AvgIpc) is 3.48. The largest absolute Gasteiger partial charge is 0.309 e. The Morgan fingerprint density at radius 3 is 1.88 bits per heavy atom. The molecule has 0 amide bonds. The van der Waals surface area contributed by atoms with E-state index < -0.39 is 0 Å². The Morgan fingerprint density at radius 2 is 1.33 bits per heavy atom. The lowest BCUT2D eigenvalue weighted by atomic mass is 10.6. The first kappa shape index (κ1) is 23.3. The number of hydrazine groups is 1. The molecule has 0 unspecified atom stereocenters. The van der Waals surface area contributed by atoms with Crippen LogP contribution in [-0.4, -0.2) is 93.3 Å². The van der Waals surface area contributed by atoms with Crippen molar-refractivity contribution in [2.45, 2.75) is 27.7 Å². The summed E-state index contributed by atoms with van der Waals surface area (Å²) in [5.74, 6) is 1.17. The first-order chi connectivity index (χ1) is 16.1. The lowest BCUT2D eigenvalue weighted by Gasteiger charge is -2.16. The highest BCUT2D eigenvalue weighted by molar-refractivity contribution is 5.58. The topological polar surface area (TPSA) is 214 Å². The van der Waals surface area contributed by atoms with Crippen molar-refractivity contribution in [2.24, 2.45) is 15.3 Å². The fraction of sp³-hybridized carbons (Fsp3) is 0.533. The number of H-pyrrole nitrogens is 2. The van der Waals surface area contributed by atoms with Crippen molar-refractivity contribution in [3.8, 4) is 0 Å². The van der Waals surface area contributed by atoms with Gasteiger partial charge in [0, 0.05) is 26.2 Å². The molecule has 3 rings (SSSR count). The molecule has 0 radical (unpaired) electrons. The number of nitrogens with one attached hydrogen (secondary N) is 5. The van der Waals surface area contributed by atoms with Crippen molar-refractivity contribution >= 4 is 42.0 Å². The first-order valence-corrected chi connectivity index (χ1v) is 10.3. The van der Waals surface area contributed by atoms with Crippen LogP contribution in [0.5, 0.6) is 0 Å². The molecule has 33 heavy (non-hydrogen) atoms. The zero-order chi connectivity index (χ0) is 23.5. The second kappa shape index (κ2) is 11.9. The monoisotopic (exact) mass is 458 g/mol. The van der Waals surface area contributed by atoms with Gasteiger partial charge in [0.15, 0.2) is 0 Å². The zero-order valence-electron chi connectivity index (χ0n) is 18.7. The van der Waals surface area contributed by atoms with E-state index in [4.69, 9.17) is 0 Å². The molecule has 5 N–H and O–H groups in total. The standard InChI is InChI=1S/C15H26N18/c1-5-32(6-2)17-9-16-10-18-11(23-22-10)19-13-25-27-14(28-26-13)20-12-21-15(29-24-12)30-31-33(7-3)8-4/h9H,5-8H2,1-4H3,(H2,20,21,24,27,28,29)(H3,16,17,18,19,22,23,25,26)/b31-30+. The molecule has 0 spiro atoms. The average molecular weight is 458 g/mol. The van der Waals surface area contributed by atoms with Gasteiger partial charge in [0.1, 0.15) is 6.34 Å². The summed E-state index contributed by atoms with van der Waals surface area (Å²) in [5.41, 5.74) is 3.02. The van der Waals surface area contributed by atoms with Crippen molar-refractivity contribution < 1.29 is 0 Å². The summed E-state index contributed by atoms with van der Waals surface area (Å²) in [5, 5.41) is 46.2. The van der Waals surface area contributed by atoms with Crippen LogP contribution in [0.15, 0.2) is 15.3 Å². The SMILES string of the molecule is CCN(CC)/N=N/c1n[nH]c(Nc2nnc(Nc3nc(/N=C/NN(CC)CC)n[nH]3)nn2)n1. The summed E-state index contributed by atoms with van der Waals surface area (Å²) in [6, 6.07) is 0. The number of hydrogen-bond donors (Lipinski definition) is 5. The molecular weight excluding hydrogens is 432 g/mol. The molecule has 0 aliphatic carbocycles. The third-order valence-corrected chi connectivity index (χ3v) is 4.06. The molecule has 0 fully saturated rings. The Balaban J connectivity index is 1.52. The van der Waals surface area contributed by atoms with Crippen LogP contribution in [0.4, 0.5) is 35.7 Å². The van der Waals surface area contributed by atoms with Crippen LogP contribution in [0.25, 0.3) is 0 Å². The van der Waals surface area contributed by atoms with Crippen LogP contribution in [-0.2, 0) is 0 Å². The maximum absolute atomic E-state index is 4.16. The molecule has 3 aromatic rings. The second-order valence-electron chi connectivity index (χ2n) is 6.15. The van der Waals surface area contributed by atoms with E-state index in [1.165, 1.54) is 6.34 Å². The highest BCUT2D eigenvalue weighted by Gasteiger charge is 2.08. The Bertz CT molecular complexity index is 1010. The van der Waals surface area contributed by atoms with Crippen molar-refractivity contribution in [2.75, 3.05) is 36.8 Å². The second-order valence-corrected chi connectivity index (χ2v) is 6.15. The summed E-state index contributed by atoms with van der Waals surface area (Å²) in [6.07, 6.45) is 1.51. The molecule has 18 heteroatoms. The van der Waals surface area contributed by atoms with Gasteiger partial charge in [-0.15, -0.1) is 30.6 Å². The quantitative estimate of drug-likeness (QED) is 0.104. The molecule has 0 aromatic carbocycles. The number of aromatic amines is 2. The van der Waals surface area contributed by atoms with Crippen molar-refractivity contribution in [3.63, 3.8) is 0 Å². The fourth-order valence-corrected chi connectivity index (χ4v) is 2.29. The number of anilines is 4. The van der Waals surface area contributed by atoms with Crippen LogP contribution in [0.1, 0.15) is 27.7 Å². The highest BCUT2D eigenvalue weighted by Crippen LogP contribution is 2.12. The summed E-state index contributed by atoms with van der Waals surface area (Å²) >= 11 is 0.